The van der Waals surface area contributed by atoms with E-state index in [-0.39, 0.29) is 11.1 Å². The lowest BCUT2D eigenvalue weighted by Crippen LogP contribution is -2.02. The molecule has 0 radical (unpaired) electrons. The molecule has 1 nitrogen and oxygen atoms in total. The van der Waals surface area contributed by atoms with Gasteiger partial charge in [-0.2, -0.15) is 0 Å². The van der Waals surface area contributed by atoms with Crippen LogP contribution in [-0.4, -0.2) is 5.11 Å². The van der Waals surface area contributed by atoms with E-state index in [1.54, 1.807) is 0 Å². The molecular formula is C13H9ClF2O. The third kappa shape index (κ3) is 2.62. The summed E-state index contributed by atoms with van der Waals surface area (Å²) < 4.78 is 26.5. The highest BCUT2D eigenvalue weighted by Gasteiger charge is 2.15. The van der Waals surface area contributed by atoms with Crippen molar-refractivity contribution in [2.45, 2.75) is 6.10 Å². The van der Waals surface area contributed by atoms with Gasteiger partial charge in [0.25, 0.3) is 0 Å². The first-order chi connectivity index (χ1) is 8.08. The first-order valence-corrected chi connectivity index (χ1v) is 5.34. The topological polar surface area (TPSA) is 20.2 Å². The van der Waals surface area contributed by atoms with E-state index in [0.717, 1.165) is 6.07 Å². The van der Waals surface area contributed by atoms with Gasteiger partial charge in [0.05, 0.1) is 0 Å². The standard InChI is InChI=1S/C13H9ClF2O/c14-9-4-5-12(16)11(7-9)13(17)8-2-1-3-10(15)6-8/h1-7,13,17H. The Bertz CT molecular complexity index is 543. The van der Waals surface area contributed by atoms with Crippen LogP contribution in [0.4, 0.5) is 8.78 Å². The van der Waals surface area contributed by atoms with Crippen LogP contribution in [-0.2, 0) is 0 Å². The summed E-state index contributed by atoms with van der Waals surface area (Å²) >= 11 is 5.73. The first kappa shape index (κ1) is 12.0. The van der Waals surface area contributed by atoms with Gasteiger partial charge in [-0.1, -0.05) is 23.7 Å². The van der Waals surface area contributed by atoms with Gasteiger partial charge < -0.3 is 5.11 Å². The van der Waals surface area contributed by atoms with Crippen LogP contribution in [0.1, 0.15) is 17.2 Å². The Morgan fingerprint density at radius 1 is 1.06 bits per heavy atom. The van der Waals surface area contributed by atoms with Gasteiger partial charge >= 0.3 is 0 Å². The minimum Gasteiger partial charge on any atom is -0.384 e. The summed E-state index contributed by atoms with van der Waals surface area (Å²) in [6.45, 7) is 0. The number of aliphatic hydroxyl groups excluding tert-OH is 1. The summed E-state index contributed by atoms with van der Waals surface area (Å²) in [6.07, 6.45) is -1.23. The van der Waals surface area contributed by atoms with Gasteiger partial charge in [0.1, 0.15) is 17.7 Å². The summed E-state index contributed by atoms with van der Waals surface area (Å²) in [5.74, 6) is -1.06. The molecule has 0 amide bonds. The van der Waals surface area contributed by atoms with Gasteiger partial charge in [-0.15, -0.1) is 0 Å². The Morgan fingerprint density at radius 3 is 2.53 bits per heavy atom. The number of benzene rings is 2. The summed E-state index contributed by atoms with van der Waals surface area (Å²) in [7, 11) is 0. The fraction of sp³-hybridized carbons (Fsp3) is 0.0769. The summed E-state index contributed by atoms with van der Waals surface area (Å²) in [6, 6.07) is 9.27. The van der Waals surface area contributed by atoms with Crippen molar-refractivity contribution in [3.05, 3.63) is 70.2 Å². The highest BCUT2D eigenvalue weighted by atomic mass is 35.5. The van der Waals surface area contributed by atoms with Crippen molar-refractivity contribution < 1.29 is 13.9 Å². The Morgan fingerprint density at radius 2 is 1.82 bits per heavy atom. The lowest BCUT2D eigenvalue weighted by molar-refractivity contribution is 0.214. The highest BCUT2D eigenvalue weighted by molar-refractivity contribution is 6.30. The van der Waals surface area contributed by atoms with Crippen LogP contribution in [0.5, 0.6) is 0 Å². The van der Waals surface area contributed by atoms with Crippen molar-refractivity contribution in [3.63, 3.8) is 0 Å². The molecule has 0 saturated carbocycles. The second-order valence-corrected chi connectivity index (χ2v) is 4.06. The summed E-state index contributed by atoms with van der Waals surface area (Å²) in [4.78, 5) is 0. The predicted molar refractivity (Wildman–Crippen MR) is 61.9 cm³/mol. The van der Waals surface area contributed by atoms with E-state index < -0.39 is 17.7 Å². The van der Waals surface area contributed by atoms with Gasteiger partial charge in [0, 0.05) is 10.6 Å². The normalized spacial score (nSPS) is 12.5. The van der Waals surface area contributed by atoms with Crippen molar-refractivity contribution in [1.82, 2.24) is 0 Å². The molecule has 17 heavy (non-hydrogen) atoms. The van der Waals surface area contributed by atoms with Crippen molar-refractivity contribution in [2.75, 3.05) is 0 Å². The molecule has 2 aromatic rings. The molecule has 0 fully saturated rings. The van der Waals surface area contributed by atoms with E-state index in [9.17, 15) is 13.9 Å². The Labute approximate surface area is 102 Å². The molecule has 0 aliphatic heterocycles. The Balaban J connectivity index is 2.43. The zero-order valence-electron chi connectivity index (χ0n) is 8.70. The Kier molecular flexibility index (Phi) is 3.41. The molecule has 0 aliphatic rings. The van der Waals surface area contributed by atoms with Crippen LogP contribution < -0.4 is 0 Å². The van der Waals surface area contributed by atoms with Crippen LogP contribution in [0.2, 0.25) is 5.02 Å². The van der Waals surface area contributed by atoms with Crippen LogP contribution >= 0.6 is 11.6 Å². The molecule has 2 rings (SSSR count). The molecule has 1 N–H and O–H groups in total. The van der Waals surface area contributed by atoms with Crippen molar-refractivity contribution >= 4 is 11.6 Å². The molecule has 0 saturated heterocycles. The molecular weight excluding hydrogens is 246 g/mol. The van der Waals surface area contributed by atoms with E-state index >= 15 is 0 Å². The van der Waals surface area contributed by atoms with Crippen LogP contribution in [0, 0.1) is 11.6 Å². The van der Waals surface area contributed by atoms with Crippen LogP contribution in [0.15, 0.2) is 42.5 Å². The van der Waals surface area contributed by atoms with Gasteiger partial charge in [-0.3, -0.25) is 0 Å². The minimum absolute atomic E-state index is 0.0306. The van der Waals surface area contributed by atoms with Crippen LogP contribution in [0.25, 0.3) is 0 Å². The third-order valence-electron chi connectivity index (χ3n) is 2.42. The second-order valence-electron chi connectivity index (χ2n) is 3.62. The average molecular weight is 255 g/mol. The first-order valence-electron chi connectivity index (χ1n) is 4.96. The number of rotatable bonds is 2. The van der Waals surface area contributed by atoms with E-state index in [0.29, 0.717) is 5.02 Å². The monoisotopic (exact) mass is 254 g/mol. The van der Waals surface area contributed by atoms with Gasteiger partial charge in [0.15, 0.2) is 0 Å². The second kappa shape index (κ2) is 4.82. The molecule has 2 aromatic carbocycles. The molecule has 0 aliphatic carbocycles. The number of hydrogen-bond donors (Lipinski definition) is 1. The van der Waals surface area contributed by atoms with Crippen molar-refractivity contribution in [3.8, 4) is 0 Å². The number of halogens is 3. The molecule has 0 bridgehead atoms. The maximum absolute atomic E-state index is 13.5. The maximum Gasteiger partial charge on any atom is 0.129 e. The molecule has 88 valence electrons. The van der Waals surface area contributed by atoms with E-state index in [1.807, 2.05) is 0 Å². The lowest BCUT2D eigenvalue weighted by Gasteiger charge is -2.12. The van der Waals surface area contributed by atoms with E-state index in [1.165, 1.54) is 36.4 Å². The molecule has 1 unspecified atom stereocenters. The highest BCUT2D eigenvalue weighted by Crippen LogP contribution is 2.27. The van der Waals surface area contributed by atoms with Gasteiger partial charge in [-0.25, -0.2) is 8.78 Å². The average Bonchev–Trinajstić information content (AvgIpc) is 2.31. The van der Waals surface area contributed by atoms with Gasteiger partial charge in [-0.05, 0) is 35.9 Å². The summed E-state index contributed by atoms with van der Waals surface area (Å²) in [5, 5.41) is 10.3. The van der Waals surface area contributed by atoms with Crippen molar-refractivity contribution in [2.24, 2.45) is 0 Å². The van der Waals surface area contributed by atoms with Gasteiger partial charge in [0.2, 0.25) is 0 Å². The maximum atomic E-state index is 13.5. The predicted octanol–water partition coefficient (Wildman–Crippen LogP) is 3.70. The van der Waals surface area contributed by atoms with Crippen LogP contribution in [0.3, 0.4) is 0 Å². The largest absolute Gasteiger partial charge is 0.384 e. The fourth-order valence-electron chi connectivity index (χ4n) is 1.58. The molecule has 4 heteroatoms. The molecule has 1 atom stereocenters. The number of hydrogen-bond acceptors (Lipinski definition) is 1. The number of aliphatic hydroxyl groups is 1. The van der Waals surface area contributed by atoms with E-state index in [2.05, 4.69) is 0 Å². The smallest absolute Gasteiger partial charge is 0.129 e. The minimum atomic E-state index is -1.23. The van der Waals surface area contributed by atoms with Crippen molar-refractivity contribution in [1.29, 1.82) is 0 Å². The lowest BCUT2D eigenvalue weighted by atomic mass is 10.0. The zero-order valence-corrected chi connectivity index (χ0v) is 9.46. The molecule has 0 heterocycles. The van der Waals surface area contributed by atoms with E-state index in [4.69, 9.17) is 11.6 Å². The quantitative estimate of drug-likeness (QED) is 0.866. The zero-order chi connectivity index (χ0) is 12.4. The fourth-order valence-corrected chi connectivity index (χ4v) is 1.76. The third-order valence-corrected chi connectivity index (χ3v) is 2.65. The SMILES string of the molecule is OC(c1cccc(F)c1)c1cc(Cl)ccc1F. The molecule has 0 aromatic heterocycles. The Hall–Kier alpha value is -1.45. The molecule has 0 spiro atoms. The summed E-state index contributed by atoms with van der Waals surface area (Å²) in [5.41, 5.74) is 0.314.